The summed E-state index contributed by atoms with van der Waals surface area (Å²) in [6.45, 7) is 6.72. The summed E-state index contributed by atoms with van der Waals surface area (Å²) < 4.78 is 5.54. The summed E-state index contributed by atoms with van der Waals surface area (Å²) in [7, 11) is 1.87. The highest BCUT2D eigenvalue weighted by atomic mass is 127. The predicted molar refractivity (Wildman–Crippen MR) is 121 cm³/mol. The first-order valence-electron chi connectivity index (χ1n) is 9.61. The summed E-state index contributed by atoms with van der Waals surface area (Å²) in [5.74, 6) is 0.943. The minimum absolute atomic E-state index is 0. The Balaban J connectivity index is 0.00000243. The van der Waals surface area contributed by atoms with Crippen LogP contribution in [0.4, 0.5) is 0 Å². The highest BCUT2D eigenvalue weighted by Crippen LogP contribution is 2.28. The SMILES string of the molecule is CN=C(NCC(c1ccc(C)s1)N1CCOCC1)NC1CCCCC1.I. The van der Waals surface area contributed by atoms with E-state index in [0.29, 0.717) is 12.1 Å². The lowest BCUT2D eigenvalue weighted by molar-refractivity contribution is 0.0177. The number of nitrogens with zero attached hydrogens (tertiary/aromatic N) is 2. The summed E-state index contributed by atoms with van der Waals surface area (Å²) in [5, 5.41) is 7.20. The van der Waals surface area contributed by atoms with E-state index in [9.17, 15) is 0 Å². The number of hydrogen-bond donors (Lipinski definition) is 2. The molecule has 1 atom stereocenters. The van der Waals surface area contributed by atoms with E-state index in [-0.39, 0.29) is 24.0 Å². The van der Waals surface area contributed by atoms with Crippen LogP contribution in [0.25, 0.3) is 0 Å². The van der Waals surface area contributed by atoms with E-state index in [0.717, 1.165) is 38.8 Å². The molecule has 1 saturated heterocycles. The van der Waals surface area contributed by atoms with Gasteiger partial charge in [-0.2, -0.15) is 0 Å². The second-order valence-corrected chi connectivity index (χ2v) is 8.36. The van der Waals surface area contributed by atoms with Gasteiger partial charge in [0.15, 0.2) is 5.96 Å². The van der Waals surface area contributed by atoms with Crippen molar-refractivity contribution >= 4 is 41.3 Å². The molecule has 0 amide bonds. The van der Waals surface area contributed by atoms with Crippen LogP contribution < -0.4 is 10.6 Å². The molecule has 5 nitrogen and oxygen atoms in total. The molecule has 2 fully saturated rings. The molecule has 148 valence electrons. The molecule has 1 aromatic heterocycles. The van der Waals surface area contributed by atoms with Crippen molar-refractivity contribution in [1.82, 2.24) is 15.5 Å². The lowest BCUT2D eigenvalue weighted by atomic mass is 9.96. The van der Waals surface area contributed by atoms with Crippen LogP contribution in [0.3, 0.4) is 0 Å². The molecule has 2 heterocycles. The van der Waals surface area contributed by atoms with E-state index in [2.05, 4.69) is 39.6 Å². The van der Waals surface area contributed by atoms with Crippen LogP contribution in [0, 0.1) is 6.92 Å². The second kappa shape index (κ2) is 11.5. The van der Waals surface area contributed by atoms with Crippen molar-refractivity contribution in [3.05, 3.63) is 21.9 Å². The van der Waals surface area contributed by atoms with Gasteiger partial charge in [0.2, 0.25) is 0 Å². The van der Waals surface area contributed by atoms with Gasteiger partial charge in [0, 0.05) is 42.5 Å². The van der Waals surface area contributed by atoms with Gasteiger partial charge in [0.25, 0.3) is 0 Å². The van der Waals surface area contributed by atoms with E-state index in [1.165, 1.54) is 41.9 Å². The third-order valence-electron chi connectivity index (χ3n) is 5.21. The molecule has 1 aromatic rings. The van der Waals surface area contributed by atoms with Crippen LogP contribution in [0.5, 0.6) is 0 Å². The fraction of sp³-hybridized carbons (Fsp3) is 0.737. The third-order valence-corrected chi connectivity index (χ3v) is 6.31. The van der Waals surface area contributed by atoms with E-state index < -0.39 is 0 Å². The number of rotatable bonds is 5. The molecule has 3 rings (SSSR count). The minimum atomic E-state index is 0. The molecule has 0 spiro atoms. The Morgan fingerprint density at radius 1 is 1.27 bits per heavy atom. The zero-order valence-corrected chi connectivity index (χ0v) is 19.1. The van der Waals surface area contributed by atoms with E-state index in [4.69, 9.17) is 4.74 Å². The van der Waals surface area contributed by atoms with Crippen molar-refractivity contribution in [2.24, 2.45) is 4.99 Å². The number of nitrogens with one attached hydrogen (secondary N) is 2. The molecule has 2 N–H and O–H groups in total. The summed E-state index contributed by atoms with van der Waals surface area (Å²) in [6, 6.07) is 5.46. The first-order valence-corrected chi connectivity index (χ1v) is 10.4. The summed E-state index contributed by atoms with van der Waals surface area (Å²) in [5.41, 5.74) is 0. The van der Waals surface area contributed by atoms with Gasteiger partial charge in [-0.1, -0.05) is 19.3 Å². The fourth-order valence-electron chi connectivity index (χ4n) is 3.76. The Kier molecular flexibility index (Phi) is 9.66. The standard InChI is InChI=1S/C19H32N4OS.HI/c1-15-8-9-18(25-15)17(23-10-12-24-13-11-23)14-21-19(20-2)22-16-6-4-3-5-7-16;/h8-9,16-17H,3-7,10-14H2,1-2H3,(H2,20,21,22);1H. The van der Waals surface area contributed by atoms with Gasteiger partial charge >= 0.3 is 0 Å². The molecule has 2 aliphatic rings. The van der Waals surface area contributed by atoms with Crippen LogP contribution in [-0.2, 0) is 4.74 Å². The van der Waals surface area contributed by atoms with Crippen molar-refractivity contribution in [2.75, 3.05) is 39.9 Å². The molecule has 0 bridgehead atoms. The van der Waals surface area contributed by atoms with Gasteiger partial charge in [0.05, 0.1) is 19.3 Å². The average molecular weight is 492 g/mol. The van der Waals surface area contributed by atoms with Gasteiger partial charge in [-0.15, -0.1) is 35.3 Å². The summed E-state index contributed by atoms with van der Waals surface area (Å²) in [4.78, 5) is 9.79. The number of aliphatic imine (C=N–C) groups is 1. The van der Waals surface area contributed by atoms with Crippen LogP contribution in [0.2, 0.25) is 0 Å². The summed E-state index contributed by atoms with van der Waals surface area (Å²) in [6.07, 6.45) is 6.57. The molecule has 7 heteroatoms. The van der Waals surface area contributed by atoms with Crippen LogP contribution in [0.15, 0.2) is 17.1 Å². The molecular formula is C19H33IN4OS. The second-order valence-electron chi connectivity index (χ2n) is 7.04. The molecule has 0 aromatic carbocycles. The maximum Gasteiger partial charge on any atom is 0.191 e. The van der Waals surface area contributed by atoms with Crippen molar-refractivity contribution in [1.29, 1.82) is 0 Å². The first-order chi connectivity index (χ1) is 12.3. The zero-order chi connectivity index (χ0) is 17.5. The number of guanidine groups is 1. The van der Waals surface area contributed by atoms with Gasteiger partial charge in [-0.3, -0.25) is 9.89 Å². The average Bonchev–Trinajstić information content (AvgIpc) is 3.08. The Morgan fingerprint density at radius 3 is 2.62 bits per heavy atom. The van der Waals surface area contributed by atoms with Crippen LogP contribution >= 0.6 is 35.3 Å². The zero-order valence-electron chi connectivity index (χ0n) is 16.0. The largest absolute Gasteiger partial charge is 0.379 e. The van der Waals surface area contributed by atoms with Gasteiger partial charge in [-0.25, -0.2) is 0 Å². The molecule has 26 heavy (non-hydrogen) atoms. The highest BCUT2D eigenvalue weighted by molar-refractivity contribution is 14.0. The summed E-state index contributed by atoms with van der Waals surface area (Å²) >= 11 is 1.90. The fourth-order valence-corrected chi connectivity index (χ4v) is 4.77. The van der Waals surface area contributed by atoms with E-state index >= 15 is 0 Å². The Labute approximate surface area is 179 Å². The molecule has 1 saturated carbocycles. The molecular weight excluding hydrogens is 459 g/mol. The van der Waals surface area contributed by atoms with Crippen LogP contribution in [-0.4, -0.2) is 56.8 Å². The van der Waals surface area contributed by atoms with Gasteiger partial charge in [0.1, 0.15) is 0 Å². The van der Waals surface area contributed by atoms with Crippen LogP contribution in [0.1, 0.15) is 47.9 Å². The molecule has 0 radical (unpaired) electrons. The number of halogens is 1. The maximum atomic E-state index is 5.54. The number of morpholine rings is 1. The van der Waals surface area contributed by atoms with Gasteiger partial charge in [-0.05, 0) is 31.9 Å². The molecule has 1 aliphatic carbocycles. The monoisotopic (exact) mass is 492 g/mol. The topological polar surface area (TPSA) is 48.9 Å². The minimum Gasteiger partial charge on any atom is -0.379 e. The van der Waals surface area contributed by atoms with Gasteiger partial charge < -0.3 is 15.4 Å². The highest BCUT2D eigenvalue weighted by Gasteiger charge is 2.24. The lowest BCUT2D eigenvalue weighted by Gasteiger charge is -2.34. The smallest absolute Gasteiger partial charge is 0.191 e. The normalized spacial score (nSPS) is 21.1. The van der Waals surface area contributed by atoms with E-state index in [1.54, 1.807) is 0 Å². The Bertz CT molecular complexity index is 553. The van der Waals surface area contributed by atoms with Crippen molar-refractivity contribution < 1.29 is 4.74 Å². The molecule has 1 aliphatic heterocycles. The molecule has 1 unspecified atom stereocenters. The number of ether oxygens (including phenoxy) is 1. The number of thiophene rings is 1. The Morgan fingerprint density at radius 2 is 2.00 bits per heavy atom. The lowest BCUT2D eigenvalue weighted by Crippen LogP contribution is -2.48. The quantitative estimate of drug-likeness (QED) is 0.375. The van der Waals surface area contributed by atoms with Crippen molar-refractivity contribution in [2.45, 2.75) is 51.1 Å². The van der Waals surface area contributed by atoms with Crippen molar-refractivity contribution in [3.63, 3.8) is 0 Å². The third kappa shape index (κ3) is 6.35. The van der Waals surface area contributed by atoms with Crippen molar-refractivity contribution in [3.8, 4) is 0 Å². The van der Waals surface area contributed by atoms with E-state index in [1.807, 2.05) is 18.4 Å². The predicted octanol–water partition coefficient (Wildman–Crippen LogP) is 3.55. The first kappa shape index (κ1) is 21.9. The maximum absolute atomic E-state index is 5.54. The number of hydrogen-bond acceptors (Lipinski definition) is 4. The Hall–Kier alpha value is -0.380. The number of aryl methyl sites for hydroxylation is 1.